The Morgan fingerprint density at radius 3 is 3.40 bits per heavy atom. The van der Waals surface area contributed by atoms with E-state index in [-0.39, 0.29) is 0 Å². The van der Waals surface area contributed by atoms with E-state index in [9.17, 15) is 0 Å². The zero-order valence-electron chi connectivity index (χ0n) is 4.94. The van der Waals surface area contributed by atoms with Crippen molar-refractivity contribution in [2.45, 2.75) is 0 Å². The molecule has 1 N–H and O–H groups in total. The molecule has 0 fully saturated rings. The van der Waals surface area contributed by atoms with Crippen LogP contribution in [0.25, 0.3) is 4.96 Å². The molecule has 0 atom stereocenters. The van der Waals surface area contributed by atoms with Gasteiger partial charge in [-0.1, -0.05) is 0 Å². The molecule has 0 radical (unpaired) electrons. The highest BCUT2D eigenvalue weighted by Crippen LogP contribution is 1.99. The van der Waals surface area contributed by atoms with Crippen LogP contribution < -0.4 is 4.52 Å². The summed E-state index contributed by atoms with van der Waals surface area (Å²) in [7, 11) is 0. The molecule has 0 aliphatic carbocycles. The van der Waals surface area contributed by atoms with Gasteiger partial charge < -0.3 is 0 Å². The second-order valence-electron chi connectivity index (χ2n) is 1.77. The van der Waals surface area contributed by atoms with Gasteiger partial charge in [0.2, 0.25) is 0 Å². The molecular weight excluding hydrogens is 166 g/mol. The van der Waals surface area contributed by atoms with Gasteiger partial charge in [-0.25, -0.2) is 5.10 Å². The van der Waals surface area contributed by atoms with E-state index in [1.165, 1.54) is 11.3 Å². The monoisotopic (exact) mass is 170 g/mol. The lowest BCUT2D eigenvalue weighted by Crippen LogP contribution is -2.22. The molecule has 0 saturated carbocycles. The Labute approximate surface area is 66.0 Å². The Bertz CT molecular complexity index is 366. The summed E-state index contributed by atoms with van der Waals surface area (Å²) in [5.74, 6) is 0. The van der Waals surface area contributed by atoms with Gasteiger partial charge >= 0.3 is 4.96 Å². The van der Waals surface area contributed by atoms with Gasteiger partial charge in [-0.2, -0.15) is 0 Å². The van der Waals surface area contributed by atoms with Crippen LogP contribution in [-0.4, -0.2) is 10.1 Å². The molecule has 0 unspecified atom stereocenters. The maximum Gasteiger partial charge on any atom is 0.408 e. The molecule has 0 aliphatic rings. The van der Waals surface area contributed by atoms with Crippen LogP contribution in [0.2, 0.25) is 0 Å². The first-order chi connectivity index (χ1) is 4.86. The molecule has 2 rings (SSSR count). The second kappa shape index (κ2) is 2.10. The minimum atomic E-state index is 0.749. The topological polar surface area (TPSA) is 32.8 Å². The third-order valence-corrected chi connectivity index (χ3v) is 2.21. The minimum absolute atomic E-state index is 0.749. The fourth-order valence-electron chi connectivity index (χ4n) is 0.722. The first-order valence-electron chi connectivity index (χ1n) is 2.72. The van der Waals surface area contributed by atoms with Crippen LogP contribution in [0, 0.1) is 3.95 Å². The largest absolute Gasteiger partial charge is 0.408 e. The number of rotatable bonds is 0. The highest BCUT2D eigenvalue weighted by molar-refractivity contribution is 7.73. The molecule has 0 aromatic carbocycles. The average molecular weight is 170 g/mol. The standard InChI is InChI=1S/C5H3N3S2/c9-5-7-8-3-1-2-6-4(8)10-5/h1-3H/p+1. The number of nitrogens with zero attached hydrogens (tertiary/aromatic N) is 2. The normalized spacial score (nSPS) is 10.4. The Kier molecular flexibility index (Phi) is 1.25. The maximum atomic E-state index is 4.92. The van der Waals surface area contributed by atoms with Gasteiger partial charge in [-0.05, 0) is 28.5 Å². The van der Waals surface area contributed by atoms with E-state index in [1.807, 2.05) is 12.3 Å². The molecule has 0 bridgehead atoms. The van der Waals surface area contributed by atoms with Crippen LogP contribution in [0.5, 0.6) is 0 Å². The Balaban J connectivity index is 3.01. The Morgan fingerprint density at radius 2 is 2.60 bits per heavy atom. The highest BCUT2D eigenvalue weighted by Gasteiger charge is 2.02. The second-order valence-corrected chi connectivity index (χ2v) is 3.42. The summed E-state index contributed by atoms with van der Waals surface area (Å²) in [5.41, 5.74) is 0. The first kappa shape index (κ1) is 5.94. The van der Waals surface area contributed by atoms with E-state index in [0.29, 0.717) is 0 Å². The van der Waals surface area contributed by atoms with Crippen LogP contribution in [0.3, 0.4) is 0 Å². The zero-order valence-corrected chi connectivity index (χ0v) is 6.58. The van der Waals surface area contributed by atoms with Crippen molar-refractivity contribution in [3.63, 3.8) is 0 Å². The number of aromatic amines is 1. The van der Waals surface area contributed by atoms with Crippen molar-refractivity contribution >= 4 is 28.5 Å². The predicted octanol–water partition coefficient (Wildman–Crippen LogP) is 0.939. The van der Waals surface area contributed by atoms with Gasteiger partial charge in [0.1, 0.15) is 12.4 Å². The van der Waals surface area contributed by atoms with Crippen LogP contribution in [0.15, 0.2) is 18.5 Å². The molecule has 0 saturated heterocycles. The van der Waals surface area contributed by atoms with E-state index in [1.54, 1.807) is 10.7 Å². The first-order valence-corrected chi connectivity index (χ1v) is 3.94. The van der Waals surface area contributed by atoms with Crippen molar-refractivity contribution < 1.29 is 4.52 Å². The van der Waals surface area contributed by atoms with Crippen LogP contribution >= 0.6 is 23.6 Å². The molecule has 0 aliphatic heterocycles. The number of fused-ring (bicyclic) bond motifs is 1. The van der Waals surface area contributed by atoms with Crippen molar-refractivity contribution in [1.29, 1.82) is 0 Å². The smallest absolute Gasteiger partial charge is 0.202 e. The predicted molar refractivity (Wildman–Crippen MR) is 40.5 cm³/mol. The molecule has 2 aromatic rings. The van der Waals surface area contributed by atoms with Gasteiger partial charge in [0.05, 0.1) is 0 Å². The van der Waals surface area contributed by atoms with Crippen molar-refractivity contribution in [3.05, 3.63) is 22.4 Å². The SMILES string of the molecule is S=c1[nH][n+]2cccnc2s1. The summed E-state index contributed by atoms with van der Waals surface area (Å²) in [6, 6.07) is 1.85. The van der Waals surface area contributed by atoms with Crippen molar-refractivity contribution in [3.8, 4) is 0 Å². The van der Waals surface area contributed by atoms with Crippen molar-refractivity contribution in [1.82, 2.24) is 10.1 Å². The molecule has 50 valence electrons. The minimum Gasteiger partial charge on any atom is -0.202 e. The third kappa shape index (κ3) is 0.833. The molecule has 3 nitrogen and oxygen atoms in total. The molecule has 2 aromatic heterocycles. The van der Waals surface area contributed by atoms with Crippen LogP contribution in [0.1, 0.15) is 0 Å². The van der Waals surface area contributed by atoms with E-state index < -0.39 is 0 Å². The fourth-order valence-corrected chi connectivity index (χ4v) is 1.67. The summed E-state index contributed by atoms with van der Waals surface area (Å²) < 4.78 is 2.55. The molecule has 2 heterocycles. The third-order valence-electron chi connectivity index (χ3n) is 1.11. The highest BCUT2D eigenvalue weighted by atomic mass is 32.1. The Morgan fingerprint density at radius 1 is 1.70 bits per heavy atom. The zero-order chi connectivity index (χ0) is 6.97. The van der Waals surface area contributed by atoms with Gasteiger partial charge in [0.15, 0.2) is 3.95 Å². The van der Waals surface area contributed by atoms with E-state index in [0.717, 1.165) is 8.92 Å². The number of H-pyrrole nitrogens is 1. The van der Waals surface area contributed by atoms with E-state index >= 15 is 0 Å². The van der Waals surface area contributed by atoms with Crippen molar-refractivity contribution in [2.75, 3.05) is 0 Å². The summed E-state index contributed by atoms with van der Waals surface area (Å²) in [6.45, 7) is 0. The summed E-state index contributed by atoms with van der Waals surface area (Å²) in [4.78, 5) is 4.98. The average Bonchev–Trinajstić information content (AvgIpc) is 2.27. The maximum absolute atomic E-state index is 4.92. The number of hydrogen-bond acceptors (Lipinski definition) is 3. The van der Waals surface area contributed by atoms with Gasteiger partial charge in [0, 0.05) is 6.07 Å². The molecule has 0 amide bonds. The van der Waals surface area contributed by atoms with E-state index in [4.69, 9.17) is 12.2 Å². The fraction of sp³-hybridized carbons (Fsp3) is 0. The summed E-state index contributed by atoms with van der Waals surface area (Å²) in [6.07, 6.45) is 3.63. The van der Waals surface area contributed by atoms with Gasteiger partial charge in [-0.3, -0.25) is 0 Å². The summed E-state index contributed by atoms with van der Waals surface area (Å²) >= 11 is 6.38. The quantitative estimate of drug-likeness (QED) is 0.471. The number of nitrogens with one attached hydrogen (secondary N) is 1. The van der Waals surface area contributed by atoms with Crippen LogP contribution in [0.4, 0.5) is 0 Å². The van der Waals surface area contributed by atoms with Gasteiger partial charge in [-0.15, -0.1) is 4.52 Å². The van der Waals surface area contributed by atoms with Crippen molar-refractivity contribution in [2.24, 2.45) is 0 Å². The lowest BCUT2D eigenvalue weighted by Gasteiger charge is -1.74. The van der Waals surface area contributed by atoms with E-state index in [2.05, 4.69) is 10.1 Å². The number of aromatic nitrogens is 3. The van der Waals surface area contributed by atoms with Gasteiger partial charge in [0.25, 0.3) is 0 Å². The lowest BCUT2D eigenvalue weighted by atomic mass is 10.7. The van der Waals surface area contributed by atoms with Crippen LogP contribution in [-0.2, 0) is 0 Å². The Hall–Kier alpha value is -0.810. The number of hydrogen-bond donors (Lipinski definition) is 1. The lowest BCUT2D eigenvalue weighted by molar-refractivity contribution is -0.578. The molecule has 0 spiro atoms. The molecular formula is C5H4N3S2+. The summed E-state index contributed by atoms with van der Waals surface area (Å²) in [5, 5.41) is 2.95. The molecule has 5 heteroatoms. The molecule has 10 heavy (non-hydrogen) atoms.